The highest BCUT2D eigenvalue weighted by atomic mass is 16.2. The molecule has 1 saturated heterocycles. The summed E-state index contributed by atoms with van der Waals surface area (Å²) in [6.45, 7) is 6.85. The van der Waals surface area contributed by atoms with Crippen LogP contribution in [0.2, 0.25) is 0 Å². The Bertz CT molecular complexity index is 2060. The Labute approximate surface area is 271 Å². The SMILES string of the molecule is Cc1c(C(N)=O)cc(C(=O)Cc2ccc(-c3cc(C4CCN(C(=O)C(C)C)CC4)n4ncnc(N)c34)cc2)c(=O)n1-c1ccccc1. The number of fused-ring (bicyclic) bond motifs is 1. The molecule has 2 aromatic carbocycles. The lowest BCUT2D eigenvalue weighted by atomic mass is 9.92. The van der Waals surface area contributed by atoms with Gasteiger partial charge >= 0.3 is 0 Å². The summed E-state index contributed by atoms with van der Waals surface area (Å²) in [4.78, 5) is 58.1. The van der Waals surface area contributed by atoms with Gasteiger partial charge in [0.05, 0.1) is 11.1 Å². The van der Waals surface area contributed by atoms with Crippen LogP contribution in [0, 0.1) is 12.8 Å². The van der Waals surface area contributed by atoms with Crippen molar-refractivity contribution in [2.75, 3.05) is 18.8 Å². The fraction of sp³-hybridized carbons (Fsp3) is 0.278. The molecule has 11 nitrogen and oxygen atoms in total. The number of likely N-dealkylation sites (tertiary alicyclic amines) is 1. The molecule has 0 unspecified atom stereocenters. The number of primary amides is 1. The number of nitrogens with two attached hydrogens (primary N) is 2. The molecule has 0 radical (unpaired) electrons. The number of para-hydroxylation sites is 1. The number of carbonyl (C=O) groups excluding carboxylic acids is 3. The third-order valence-electron chi connectivity index (χ3n) is 8.99. The van der Waals surface area contributed by atoms with Gasteiger partial charge < -0.3 is 16.4 Å². The molecule has 2 amide bonds. The Hall–Kier alpha value is -5.58. The second kappa shape index (κ2) is 12.7. The largest absolute Gasteiger partial charge is 0.382 e. The molecule has 0 atom stereocenters. The van der Waals surface area contributed by atoms with E-state index in [2.05, 4.69) is 16.1 Å². The Morgan fingerprint density at radius 1 is 0.957 bits per heavy atom. The van der Waals surface area contributed by atoms with Gasteiger partial charge in [-0.3, -0.25) is 23.7 Å². The lowest BCUT2D eigenvalue weighted by Crippen LogP contribution is -2.40. The average Bonchev–Trinajstić information content (AvgIpc) is 3.46. The highest BCUT2D eigenvalue weighted by Crippen LogP contribution is 2.37. The summed E-state index contributed by atoms with van der Waals surface area (Å²) >= 11 is 0. The summed E-state index contributed by atoms with van der Waals surface area (Å²) < 4.78 is 3.20. The minimum atomic E-state index is -0.720. The van der Waals surface area contributed by atoms with Crippen LogP contribution in [-0.2, 0) is 11.2 Å². The second-order valence-electron chi connectivity index (χ2n) is 12.3. The zero-order valence-electron chi connectivity index (χ0n) is 26.6. The maximum absolute atomic E-state index is 13.6. The van der Waals surface area contributed by atoms with E-state index in [0.717, 1.165) is 29.7 Å². The van der Waals surface area contributed by atoms with E-state index in [4.69, 9.17) is 11.5 Å². The average molecular weight is 632 g/mol. The Balaban J connectivity index is 1.28. The Morgan fingerprint density at radius 2 is 1.64 bits per heavy atom. The predicted molar refractivity (Wildman–Crippen MR) is 180 cm³/mol. The number of pyridine rings is 1. The molecular formula is C36H37N7O4. The van der Waals surface area contributed by atoms with Gasteiger partial charge in [0.25, 0.3) is 11.5 Å². The number of carbonyl (C=O) groups is 3. The van der Waals surface area contributed by atoms with Crippen molar-refractivity contribution in [1.82, 2.24) is 24.1 Å². The van der Waals surface area contributed by atoms with Gasteiger partial charge in [0.2, 0.25) is 5.91 Å². The molecule has 240 valence electrons. The summed E-state index contributed by atoms with van der Waals surface area (Å²) in [5.41, 5.74) is 16.6. The molecule has 0 bridgehead atoms. The summed E-state index contributed by atoms with van der Waals surface area (Å²) in [5, 5.41) is 4.53. The van der Waals surface area contributed by atoms with Gasteiger partial charge in [0.1, 0.15) is 11.8 Å². The van der Waals surface area contributed by atoms with Crippen LogP contribution in [0.3, 0.4) is 0 Å². The van der Waals surface area contributed by atoms with Gasteiger partial charge in [0, 0.05) is 54.0 Å². The molecule has 1 fully saturated rings. The summed E-state index contributed by atoms with van der Waals surface area (Å²) in [7, 11) is 0. The molecule has 11 heteroatoms. The first-order valence-corrected chi connectivity index (χ1v) is 15.7. The third kappa shape index (κ3) is 5.92. The van der Waals surface area contributed by atoms with E-state index in [1.165, 1.54) is 17.0 Å². The fourth-order valence-electron chi connectivity index (χ4n) is 6.49. The Kier molecular flexibility index (Phi) is 8.46. The van der Waals surface area contributed by atoms with Gasteiger partial charge in [-0.25, -0.2) is 9.50 Å². The third-order valence-corrected chi connectivity index (χ3v) is 8.99. The maximum atomic E-state index is 13.6. The van der Waals surface area contributed by atoms with Crippen molar-refractivity contribution in [3.8, 4) is 16.8 Å². The molecule has 1 aliphatic rings. The standard InChI is InChI=1S/C36H37N7O4/c1-21(2)35(46)41-15-13-25(14-16-41)30-19-28(32-33(37)39-20-40-43(30)32)24-11-9-23(10-12-24)17-31(44)29-18-27(34(38)45)22(3)42(36(29)47)26-7-5-4-6-8-26/h4-12,18-21,25H,13-17H2,1-3H3,(H2,38,45)(H2,37,39,40). The number of Topliss-reactive ketones (excluding diaryl/α,β-unsaturated/α-hetero) is 1. The van der Waals surface area contributed by atoms with Crippen molar-refractivity contribution < 1.29 is 14.4 Å². The number of nitrogens with zero attached hydrogens (tertiary/aromatic N) is 5. The Morgan fingerprint density at radius 3 is 2.28 bits per heavy atom. The smallest absolute Gasteiger partial charge is 0.266 e. The van der Waals surface area contributed by atoms with E-state index < -0.39 is 17.2 Å². The van der Waals surface area contributed by atoms with Gasteiger partial charge in [0.15, 0.2) is 11.6 Å². The number of aromatic nitrogens is 4. The van der Waals surface area contributed by atoms with E-state index >= 15 is 0 Å². The molecular weight excluding hydrogens is 594 g/mol. The summed E-state index contributed by atoms with van der Waals surface area (Å²) in [6.07, 6.45) is 3.03. The zero-order chi connectivity index (χ0) is 33.4. The molecule has 0 saturated carbocycles. The first-order valence-electron chi connectivity index (χ1n) is 15.7. The molecule has 5 aromatic rings. The molecule has 0 aliphatic carbocycles. The lowest BCUT2D eigenvalue weighted by molar-refractivity contribution is -0.135. The van der Waals surface area contributed by atoms with Gasteiger partial charge in [-0.2, -0.15) is 5.10 Å². The number of ketones is 1. The van der Waals surface area contributed by atoms with Crippen LogP contribution in [0.5, 0.6) is 0 Å². The lowest BCUT2D eigenvalue weighted by Gasteiger charge is -2.33. The first kappa shape index (κ1) is 31.4. The van der Waals surface area contributed by atoms with Gasteiger partial charge in [-0.15, -0.1) is 0 Å². The van der Waals surface area contributed by atoms with E-state index in [-0.39, 0.29) is 35.3 Å². The number of amides is 2. The van der Waals surface area contributed by atoms with Crippen molar-refractivity contribution in [3.05, 3.63) is 111 Å². The molecule has 47 heavy (non-hydrogen) atoms. The summed E-state index contributed by atoms with van der Waals surface area (Å²) in [5.74, 6) is -0.456. The minimum absolute atomic E-state index is 0.0319. The number of hydrogen-bond acceptors (Lipinski definition) is 7. The van der Waals surface area contributed by atoms with Crippen LogP contribution < -0.4 is 17.0 Å². The number of hydrogen-bond donors (Lipinski definition) is 2. The maximum Gasteiger partial charge on any atom is 0.266 e. The first-order chi connectivity index (χ1) is 22.5. The van der Waals surface area contributed by atoms with Crippen LogP contribution >= 0.6 is 0 Å². The predicted octanol–water partition coefficient (Wildman–Crippen LogP) is 4.32. The van der Waals surface area contributed by atoms with Crippen LogP contribution in [0.4, 0.5) is 5.82 Å². The molecule has 4 N–H and O–H groups in total. The second-order valence-corrected chi connectivity index (χ2v) is 12.3. The van der Waals surface area contributed by atoms with E-state index in [1.54, 1.807) is 31.2 Å². The molecule has 0 spiro atoms. The number of benzene rings is 2. The van der Waals surface area contributed by atoms with Crippen LogP contribution in [0.15, 0.2) is 77.9 Å². The van der Waals surface area contributed by atoms with E-state index in [0.29, 0.717) is 41.4 Å². The zero-order valence-corrected chi connectivity index (χ0v) is 26.6. The van der Waals surface area contributed by atoms with E-state index in [9.17, 15) is 19.2 Å². The number of nitrogen functional groups attached to an aromatic ring is 1. The molecule has 3 aromatic heterocycles. The van der Waals surface area contributed by atoms with Crippen LogP contribution in [0.1, 0.15) is 70.3 Å². The molecule has 4 heterocycles. The van der Waals surface area contributed by atoms with Gasteiger partial charge in [-0.1, -0.05) is 56.3 Å². The highest BCUT2D eigenvalue weighted by molar-refractivity contribution is 6.01. The van der Waals surface area contributed by atoms with Crippen LogP contribution in [0.25, 0.3) is 22.3 Å². The quantitative estimate of drug-likeness (QED) is 0.241. The topological polar surface area (TPSA) is 159 Å². The fourth-order valence-corrected chi connectivity index (χ4v) is 6.49. The normalized spacial score (nSPS) is 13.7. The summed E-state index contributed by atoms with van der Waals surface area (Å²) in [6, 6.07) is 19.7. The minimum Gasteiger partial charge on any atom is -0.382 e. The van der Waals surface area contributed by atoms with Crippen LogP contribution in [-0.4, -0.2) is 54.8 Å². The molecule has 6 rings (SSSR count). The van der Waals surface area contributed by atoms with Gasteiger partial charge in [-0.05, 0) is 55.2 Å². The number of anilines is 1. The van der Waals surface area contributed by atoms with Crippen molar-refractivity contribution in [2.45, 2.75) is 46.0 Å². The highest BCUT2D eigenvalue weighted by Gasteiger charge is 2.29. The number of rotatable bonds is 8. The number of piperidine rings is 1. The van der Waals surface area contributed by atoms with Crippen molar-refractivity contribution >= 4 is 28.9 Å². The van der Waals surface area contributed by atoms with Crippen molar-refractivity contribution in [2.24, 2.45) is 11.7 Å². The molecule has 1 aliphatic heterocycles. The van der Waals surface area contributed by atoms with E-state index in [1.807, 2.05) is 53.6 Å². The van der Waals surface area contributed by atoms with Crippen molar-refractivity contribution in [1.29, 1.82) is 0 Å². The van der Waals surface area contributed by atoms with Crippen molar-refractivity contribution in [3.63, 3.8) is 0 Å². The monoisotopic (exact) mass is 631 g/mol.